The van der Waals surface area contributed by atoms with Crippen molar-refractivity contribution in [2.24, 2.45) is 11.7 Å². The first-order valence-corrected chi connectivity index (χ1v) is 7.77. The molecule has 0 amide bonds. The average molecular weight is 252 g/mol. The zero-order valence-corrected chi connectivity index (χ0v) is 11.8. The molecule has 1 atom stereocenters. The molecule has 1 heterocycles. The number of hydrogen-bond acceptors (Lipinski definition) is 3. The zero-order valence-electron chi connectivity index (χ0n) is 11.0. The largest absolute Gasteiger partial charge is 0.322 e. The van der Waals surface area contributed by atoms with Crippen LogP contribution >= 0.6 is 11.3 Å². The Balaban J connectivity index is 2.03. The minimum atomic E-state index is 0.172. The van der Waals surface area contributed by atoms with Crippen LogP contribution in [0.25, 0.3) is 0 Å². The first-order valence-electron chi connectivity index (χ1n) is 6.89. The zero-order chi connectivity index (χ0) is 12.3. The fourth-order valence-electron chi connectivity index (χ4n) is 2.59. The summed E-state index contributed by atoms with van der Waals surface area (Å²) in [7, 11) is 0. The predicted octanol–water partition coefficient (Wildman–Crippen LogP) is 4.24. The smallest absolute Gasteiger partial charge is 0.110 e. The fourth-order valence-corrected chi connectivity index (χ4v) is 3.66. The molecule has 96 valence electrons. The molecule has 2 nitrogen and oxygen atoms in total. The maximum Gasteiger partial charge on any atom is 0.110 e. The van der Waals surface area contributed by atoms with Gasteiger partial charge in [-0.15, -0.1) is 11.3 Å². The minimum Gasteiger partial charge on any atom is -0.322 e. The van der Waals surface area contributed by atoms with Crippen molar-refractivity contribution < 1.29 is 0 Å². The van der Waals surface area contributed by atoms with E-state index in [0.29, 0.717) is 11.8 Å². The third kappa shape index (κ3) is 3.29. The molecule has 1 unspecified atom stereocenters. The molecule has 3 heteroatoms. The molecule has 1 fully saturated rings. The highest BCUT2D eigenvalue weighted by molar-refractivity contribution is 7.09. The van der Waals surface area contributed by atoms with Crippen LogP contribution in [0.4, 0.5) is 0 Å². The Morgan fingerprint density at radius 3 is 2.41 bits per heavy atom. The lowest BCUT2D eigenvalue weighted by atomic mass is 9.93. The van der Waals surface area contributed by atoms with Crippen LogP contribution in [0.3, 0.4) is 0 Å². The third-order valence-corrected chi connectivity index (χ3v) is 4.79. The molecule has 0 aliphatic heterocycles. The van der Waals surface area contributed by atoms with E-state index in [0.717, 1.165) is 5.01 Å². The second-order valence-corrected chi connectivity index (χ2v) is 6.43. The van der Waals surface area contributed by atoms with Gasteiger partial charge in [0, 0.05) is 5.38 Å². The lowest BCUT2D eigenvalue weighted by Gasteiger charge is -2.20. The van der Waals surface area contributed by atoms with Gasteiger partial charge in [-0.3, -0.25) is 0 Å². The summed E-state index contributed by atoms with van der Waals surface area (Å²) in [4.78, 5) is 4.71. The van der Waals surface area contributed by atoms with Crippen molar-refractivity contribution in [2.75, 3.05) is 0 Å². The molecule has 0 saturated heterocycles. The van der Waals surface area contributed by atoms with E-state index in [-0.39, 0.29) is 6.04 Å². The van der Waals surface area contributed by atoms with Crippen LogP contribution in [0, 0.1) is 5.92 Å². The molecule has 17 heavy (non-hydrogen) atoms. The van der Waals surface area contributed by atoms with Crippen LogP contribution in [-0.4, -0.2) is 4.98 Å². The number of rotatable bonds is 3. The van der Waals surface area contributed by atoms with Crippen molar-refractivity contribution in [3.63, 3.8) is 0 Å². The first kappa shape index (κ1) is 13.0. The van der Waals surface area contributed by atoms with Crippen molar-refractivity contribution in [1.29, 1.82) is 0 Å². The summed E-state index contributed by atoms with van der Waals surface area (Å²) < 4.78 is 0. The molecule has 0 radical (unpaired) electrons. The van der Waals surface area contributed by atoms with Gasteiger partial charge in [-0.2, -0.15) is 0 Å². The van der Waals surface area contributed by atoms with Gasteiger partial charge in [-0.1, -0.05) is 39.5 Å². The lowest BCUT2D eigenvalue weighted by Crippen LogP contribution is -2.21. The standard InChI is InChI=1S/C14H24N2S/c1-10(2)12-9-17-14(16-12)13(15)11-7-5-3-4-6-8-11/h9-11,13H,3-8,15H2,1-2H3. The van der Waals surface area contributed by atoms with Crippen LogP contribution in [0.5, 0.6) is 0 Å². The van der Waals surface area contributed by atoms with Crippen molar-refractivity contribution in [3.8, 4) is 0 Å². The van der Waals surface area contributed by atoms with Gasteiger partial charge in [0.1, 0.15) is 5.01 Å². The van der Waals surface area contributed by atoms with Gasteiger partial charge in [0.25, 0.3) is 0 Å². The second-order valence-electron chi connectivity index (χ2n) is 5.54. The molecular weight excluding hydrogens is 228 g/mol. The van der Waals surface area contributed by atoms with Crippen molar-refractivity contribution in [2.45, 2.75) is 64.3 Å². The van der Waals surface area contributed by atoms with E-state index in [1.165, 1.54) is 44.2 Å². The Morgan fingerprint density at radius 2 is 1.88 bits per heavy atom. The van der Waals surface area contributed by atoms with Crippen molar-refractivity contribution >= 4 is 11.3 Å². The Morgan fingerprint density at radius 1 is 1.24 bits per heavy atom. The molecule has 0 bridgehead atoms. The van der Waals surface area contributed by atoms with E-state index in [4.69, 9.17) is 10.7 Å². The Kier molecular flexibility index (Phi) is 4.57. The normalized spacial score (nSPS) is 20.5. The number of thiazole rings is 1. The van der Waals surface area contributed by atoms with Gasteiger partial charge in [0.15, 0.2) is 0 Å². The van der Waals surface area contributed by atoms with Crippen LogP contribution in [-0.2, 0) is 0 Å². The predicted molar refractivity (Wildman–Crippen MR) is 74.3 cm³/mol. The van der Waals surface area contributed by atoms with Gasteiger partial charge >= 0.3 is 0 Å². The number of nitrogens with two attached hydrogens (primary N) is 1. The third-order valence-electron chi connectivity index (χ3n) is 3.82. The quantitative estimate of drug-likeness (QED) is 0.817. The molecule has 2 rings (SSSR count). The fraction of sp³-hybridized carbons (Fsp3) is 0.786. The van der Waals surface area contributed by atoms with Gasteiger partial charge in [0.05, 0.1) is 11.7 Å². The van der Waals surface area contributed by atoms with E-state index >= 15 is 0 Å². The SMILES string of the molecule is CC(C)c1csc(C(N)C2CCCCCC2)n1. The maximum atomic E-state index is 6.40. The van der Waals surface area contributed by atoms with Gasteiger partial charge in [-0.25, -0.2) is 4.98 Å². The molecule has 1 aromatic rings. The molecule has 1 aromatic heterocycles. The number of nitrogens with zero attached hydrogens (tertiary/aromatic N) is 1. The highest BCUT2D eigenvalue weighted by Gasteiger charge is 2.23. The molecule has 2 N–H and O–H groups in total. The van der Waals surface area contributed by atoms with E-state index in [1.807, 2.05) is 0 Å². The Bertz CT molecular complexity index is 338. The topological polar surface area (TPSA) is 38.9 Å². The van der Waals surface area contributed by atoms with E-state index in [2.05, 4.69) is 19.2 Å². The second kappa shape index (κ2) is 5.96. The summed E-state index contributed by atoms with van der Waals surface area (Å²) in [5, 5.41) is 3.33. The molecule has 0 spiro atoms. The van der Waals surface area contributed by atoms with E-state index in [9.17, 15) is 0 Å². The van der Waals surface area contributed by atoms with Gasteiger partial charge in [0.2, 0.25) is 0 Å². The van der Waals surface area contributed by atoms with Crippen molar-refractivity contribution in [3.05, 3.63) is 16.1 Å². The van der Waals surface area contributed by atoms with Crippen LogP contribution < -0.4 is 5.73 Å². The van der Waals surface area contributed by atoms with E-state index in [1.54, 1.807) is 11.3 Å². The Hall–Kier alpha value is -0.410. The number of hydrogen-bond donors (Lipinski definition) is 1. The summed E-state index contributed by atoms with van der Waals surface area (Å²) in [5.74, 6) is 1.17. The summed E-state index contributed by atoms with van der Waals surface area (Å²) in [5.41, 5.74) is 7.60. The van der Waals surface area contributed by atoms with Gasteiger partial charge < -0.3 is 5.73 Å². The first-order chi connectivity index (χ1) is 8.18. The molecule has 1 aliphatic carbocycles. The average Bonchev–Trinajstić information content (AvgIpc) is 2.65. The number of aromatic nitrogens is 1. The monoisotopic (exact) mass is 252 g/mol. The van der Waals surface area contributed by atoms with Gasteiger partial charge in [-0.05, 0) is 24.7 Å². The highest BCUT2D eigenvalue weighted by atomic mass is 32.1. The maximum absolute atomic E-state index is 6.40. The van der Waals surface area contributed by atoms with Crippen molar-refractivity contribution in [1.82, 2.24) is 4.98 Å². The van der Waals surface area contributed by atoms with E-state index < -0.39 is 0 Å². The highest BCUT2D eigenvalue weighted by Crippen LogP contribution is 2.33. The summed E-state index contributed by atoms with van der Waals surface area (Å²) in [6.45, 7) is 4.38. The minimum absolute atomic E-state index is 0.172. The molecule has 0 aromatic carbocycles. The van der Waals surface area contributed by atoms with Crippen LogP contribution in [0.15, 0.2) is 5.38 Å². The lowest BCUT2D eigenvalue weighted by molar-refractivity contribution is 0.381. The Labute approximate surface area is 109 Å². The molecular formula is C14H24N2S. The summed E-state index contributed by atoms with van der Waals surface area (Å²) in [6, 6.07) is 0.172. The molecule has 1 aliphatic rings. The molecule has 1 saturated carbocycles. The van der Waals surface area contributed by atoms with Crippen LogP contribution in [0.1, 0.15) is 75.0 Å². The summed E-state index contributed by atoms with van der Waals surface area (Å²) in [6.07, 6.45) is 8.05. The summed E-state index contributed by atoms with van der Waals surface area (Å²) >= 11 is 1.75. The van der Waals surface area contributed by atoms with Crippen LogP contribution in [0.2, 0.25) is 0 Å².